The lowest BCUT2D eigenvalue weighted by Gasteiger charge is -2.30. The van der Waals surface area contributed by atoms with Gasteiger partial charge in [-0.1, -0.05) is 6.07 Å². The van der Waals surface area contributed by atoms with Crippen molar-refractivity contribution in [3.8, 4) is 0 Å². The second kappa shape index (κ2) is 3.42. The number of amides is 1. The molecule has 1 saturated heterocycles. The van der Waals surface area contributed by atoms with Crippen LogP contribution in [-0.2, 0) is 0 Å². The average Bonchev–Trinajstić information content (AvgIpc) is 2.01. The van der Waals surface area contributed by atoms with Gasteiger partial charge in [0.1, 0.15) is 0 Å². The summed E-state index contributed by atoms with van der Waals surface area (Å²) in [6, 6.07) is 7.37. The van der Waals surface area contributed by atoms with Crippen molar-refractivity contribution in [2.45, 2.75) is 11.3 Å². The van der Waals surface area contributed by atoms with E-state index < -0.39 is 0 Å². The van der Waals surface area contributed by atoms with Gasteiger partial charge in [0, 0.05) is 23.5 Å². The van der Waals surface area contributed by atoms with E-state index in [-0.39, 0.29) is 5.91 Å². The molecule has 2 rings (SSSR count). The van der Waals surface area contributed by atoms with E-state index in [0.717, 1.165) is 30.0 Å². The highest BCUT2D eigenvalue weighted by atomic mass is 32.1. The number of rotatable bonds is 1. The van der Waals surface area contributed by atoms with Crippen molar-refractivity contribution in [1.82, 2.24) is 4.90 Å². The molecule has 0 aliphatic carbocycles. The normalized spacial score (nSPS) is 15.3. The van der Waals surface area contributed by atoms with Crippen molar-refractivity contribution in [3.63, 3.8) is 0 Å². The summed E-state index contributed by atoms with van der Waals surface area (Å²) >= 11 is 4.19. The third-order valence-electron chi connectivity index (χ3n) is 2.24. The molecule has 1 amide bonds. The van der Waals surface area contributed by atoms with Crippen LogP contribution >= 0.6 is 12.6 Å². The molecule has 2 nitrogen and oxygen atoms in total. The number of benzene rings is 1. The molecule has 0 N–H and O–H groups in total. The van der Waals surface area contributed by atoms with Crippen LogP contribution in [0.3, 0.4) is 0 Å². The van der Waals surface area contributed by atoms with Crippen LogP contribution in [0, 0.1) is 0 Å². The minimum absolute atomic E-state index is 0.127. The standard InChI is InChI=1S/C10H11NOS/c12-10(11-5-2-6-11)8-3-1-4-9(13)7-8/h1,3-4,7,13H,2,5-6H2. The number of hydrogen-bond donors (Lipinski definition) is 1. The van der Waals surface area contributed by atoms with Crippen LogP contribution in [0.5, 0.6) is 0 Å². The van der Waals surface area contributed by atoms with E-state index in [4.69, 9.17) is 0 Å². The van der Waals surface area contributed by atoms with Crippen molar-refractivity contribution >= 4 is 18.5 Å². The van der Waals surface area contributed by atoms with Gasteiger partial charge in [-0.05, 0) is 24.6 Å². The molecule has 0 radical (unpaired) electrons. The van der Waals surface area contributed by atoms with Gasteiger partial charge in [-0.2, -0.15) is 0 Å². The van der Waals surface area contributed by atoms with Gasteiger partial charge in [-0.25, -0.2) is 0 Å². The summed E-state index contributed by atoms with van der Waals surface area (Å²) in [6.07, 6.45) is 1.13. The lowest BCUT2D eigenvalue weighted by Crippen LogP contribution is -2.41. The van der Waals surface area contributed by atoms with Crippen LogP contribution < -0.4 is 0 Å². The summed E-state index contributed by atoms with van der Waals surface area (Å²) in [5.41, 5.74) is 0.743. The molecular weight excluding hydrogens is 182 g/mol. The molecule has 1 aliphatic rings. The van der Waals surface area contributed by atoms with Gasteiger partial charge in [-0.3, -0.25) is 4.79 Å². The maximum Gasteiger partial charge on any atom is 0.253 e. The number of carbonyl (C=O) groups is 1. The van der Waals surface area contributed by atoms with Gasteiger partial charge < -0.3 is 4.90 Å². The Hall–Kier alpha value is -0.960. The third kappa shape index (κ3) is 1.70. The lowest BCUT2D eigenvalue weighted by molar-refractivity contribution is 0.0651. The zero-order chi connectivity index (χ0) is 9.26. The van der Waals surface area contributed by atoms with E-state index in [2.05, 4.69) is 12.6 Å². The fourth-order valence-electron chi connectivity index (χ4n) is 1.34. The van der Waals surface area contributed by atoms with Gasteiger partial charge in [0.2, 0.25) is 0 Å². The SMILES string of the molecule is O=C(c1cccc(S)c1)N1CCC1. The summed E-state index contributed by atoms with van der Waals surface area (Å²) in [6.45, 7) is 1.80. The van der Waals surface area contributed by atoms with E-state index in [0.29, 0.717) is 0 Å². The summed E-state index contributed by atoms with van der Waals surface area (Å²) in [5.74, 6) is 0.127. The average molecular weight is 193 g/mol. The Kier molecular flexibility index (Phi) is 2.27. The Balaban J connectivity index is 2.19. The van der Waals surface area contributed by atoms with Crippen LogP contribution in [0.25, 0.3) is 0 Å². The molecule has 13 heavy (non-hydrogen) atoms. The summed E-state index contributed by atoms with van der Waals surface area (Å²) in [4.78, 5) is 14.4. The number of carbonyl (C=O) groups excluding carboxylic acids is 1. The highest BCUT2D eigenvalue weighted by molar-refractivity contribution is 7.80. The van der Waals surface area contributed by atoms with E-state index in [1.165, 1.54) is 0 Å². The van der Waals surface area contributed by atoms with Crippen LogP contribution in [0.2, 0.25) is 0 Å². The Labute approximate surface area is 83.0 Å². The second-order valence-corrected chi connectivity index (χ2v) is 3.71. The number of likely N-dealkylation sites (tertiary alicyclic amines) is 1. The van der Waals surface area contributed by atoms with Crippen molar-refractivity contribution in [1.29, 1.82) is 0 Å². The van der Waals surface area contributed by atoms with Gasteiger partial charge in [0.15, 0.2) is 0 Å². The van der Waals surface area contributed by atoms with Crippen molar-refractivity contribution in [3.05, 3.63) is 29.8 Å². The monoisotopic (exact) mass is 193 g/mol. The minimum Gasteiger partial charge on any atom is -0.339 e. The first-order chi connectivity index (χ1) is 6.27. The highest BCUT2D eigenvalue weighted by Crippen LogP contribution is 2.15. The molecule has 1 heterocycles. The molecule has 1 aromatic carbocycles. The van der Waals surface area contributed by atoms with Crippen molar-refractivity contribution in [2.24, 2.45) is 0 Å². The van der Waals surface area contributed by atoms with Crippen molar-refractivity contribution < 1.29 is 4.79 Å². The molecule has 0 atom stereocenters. The maximum absolute atomic E-state index is 11.7. The van der Waals surface area contributed by atoms with Crippen LogP contribution in [0.1, 0.15) is 16.8 Å². The molecule has 3 heteroatoms. The third-order valence-corrected chi connectivity index (χ3v) is 2.51. The second-order valence-electron chi connectivity index (χ2n) is 3.20. The van der Waals surface area contributed by atoms with Gasteiger partial charge in [0.25, 0.3) is 5.91 Å². The molecule has 68 valence electrons. The largest absolute Gasteiger partial charge is 0.339 e. The van der Waals surface area contributed by atoms with Gasteiger partial charge >= 0.3 is 0 Å². The first kappa shape index (κ1) is 8.63. The Bertz CT molecular complexity index is 333. The maximum atomic E-state index is 11.7. The Morgan fingerprint density at radius 1 is 1.38 bits per heavy atom. The number of nitrogens with zero attached hydrogens (tertiary/aromatic N) is 1. The Morgan fingerprint density at radius 3 is 2.69 bits per heavy atom. The first-order valence-electron chi connectivity index (χ1n) is 4.36. The van der Waals surface area contributed by atoms with Crippen LogP contribution in [0.4, 0.5) is 0 Å². The summed E-state index contributed by atoms with van der Waals surface area (Å²) in [7, 11) is 0. The molecule has 0 aromatic heterocycles. The molecular formula is C10H11NOS. The molecule has 0 unspecified atom stereocenters. The quantitative estimate of drug-likeness (QED) is 0.675. The molecule has 0 spiro atoms. The smallest absolute Gasteiger partial charge is 0.253 e. The first-order valence-corrected chi connectivity index (χ1v) is 4.80. The summed E-state index contributed by atoms with van der Waals surface area (Å²) < 4.78 is 0. The number of hydrogen-bond acceptors (Lipinski definition) is 2. The molecule has 0 bridgehead atoms. The molecule has 1 aromatic rings. The lowest BCUT2D eigenvalue weighted by atomic mass is 10.1. The fraction of sp³-hybridized carbons (Fsp3) is 0.300. The van der Waals surface area contributed by atoms with E-state index >= 15 is 0 Å². The topological polar surface area (TPSA) is 20.3 Å². The molecule has 1 fully saturated rings. The Morgan fingerprint density at radius 2 is 2.15 bits per heavy atom. The van der Waals surface area contributed by atoms with Crippen LogP contribution in [0.15, 0.2) is 29.2 Å². The van der Waals surface area contributed by atoms with Gasteiger partial charge in [-0.15, -0.1) is 12.6 Å². The van der Waals surface area contributed by atoms with E-state index in [1.807, 2.05) is 29.2 Å². The zero-order valence-electron chi connectivity index (χ0n) is 7.23. The minimum atomic E-state index is 0.127. The van der Waals surface area contributed by atoms with Crippen molar-refractivity contribution in [2.75, 3.05) is 13.1 Å². The predicted octanol–water partition coefficient (Wildman–Crippen LogP) is 1.82. The predicted molar refractivity (Wildman–Crippen MR) is 54.2 cm³/mol. The molecule has 0 saturated carbocycles. The van der Waals surface area contributed by atoms with Gasteiger partial charge in [0.05, 0.1) is 0 Å². The zero-order valence-corrected chi connectivity index (χ0v) is 8.13. The molecule has 1 aliphatic heterocycles. The van der Waals surface area contributed by atoms with Crippen LogP contribution in [-0.4, -0.2) is 23.9 Å². The fourth-order valence-corrected chi connectivity index (χ4v) is 1.57. The number of thiol groups is 1. The highest BCUT2D eigenvalue weighted by Gasteiger charge is 2.21. The van der Waals surface area contributed by atoms with E-state index in [9.17, 15) is 4.79 Å². The van der Waals surface area contributed by atoms with E-state index in [1.54, 1.807) is 0 Å². The summed E-state index contributed by atoms with van der Waals surface area (Å²) in [5, 5.41) is 0.